The standard InChI is InChI=1S/C17H18N4/c1-12-9-10-16(14(3)18-12)20-17-19-13(2)11-21(17)15-7-5-4-6-8-15/h4-11H,1-3H3,(H,19,20). The van der Waals surface area contributed by atoms with Crippen LogP contribution in [0.1, 0.15) is 17.1 Å². The van der Waals surface area contributed by atoms with Crippen LogP contribution in [0.3, 0.4) is 0 Å². The molecule has 106 valence electrons. The summed E-state index contributed by atoms with van der Waals surface area (Å²) < 4.78 is 2.05. The Morgan fingerprint density at radius 1 is 0.857 bits per heavy atom. The second-order valence-corrected chi connectivity index (χ2v) is 5.12. The predicted molar refractivity (Wildman–Crippen MR) is 85.3 cm³/mol. The van der Waals surface area contributed by atoms with Crippen LogP contribution in [0.15, 0.2) is 48.7 Å². The van der Waals surface area contributed by atoms with Crippen LogP contribution in [0, 0.1) is 20.8 Å². The summed E-state index contributed by atoms with van der Waals surface area (Å²) in [6, 6.07) is 14.2. The van der Waals surface area contributed by atoms with Crippen molar-refractivity contribution >= 4 is 11.6 Å². The van der Waals surface area contributed by atoms with Gasteiger partial charge in [0.1, 0.15) is 0 Å². The van der Waals surface area contributed by atoms with Crippen molar-refractivity contribution in [1.29, 1.82) is 0 Å². The van der Waals surface area contributed by atoms with E-state index in [4.69, 9.17) is 0 Å². The number of hydrogen-bond donors (Lipinski definition) is 1. The SMILES string of the molecule is Cc1ccc(Nc2nc(C)cn2-c2ccccc2)c(C)n1. The molecule has 0 aliphatic rings. The van der Waals surface area contributed by atoms with Crippen LogP contribution in [0.5, 0.6) is 0 Å². The summed E-state index contributed by atoms with van der Waals surface area (Å²) in [5.41, 5.74) is 5.01. The van der Waals surface area contributed by atoms with Gasteiger partial charge >= 0.3 is 0 Å². The number of aryl methyl sites for hydroxylation is 3. The average molecular weight is 278 g/mol. The largest absolute Gasteiger partial charge is 0.324 e. The lowest BCUT2D eigenvalue weighted by atomic mass is 10.3. The van der Waals surface area contributed by atoms with E-state index < -0.39 is 0 Å². The lowest BCUT2D eigenvalue weighted by Gasteiger charge is -2.11. The van der Waals surface area contributed by atoms with Crippen molar-refractivity contribution < 1.29 is 0 Å². The lowest BCUT2D eigenvalue weighted by Crippen LogP contribution is -2.03. The monoisotopic (exact) mass is 278 g/mol. The fourth-order valence-corrected chi connectivity index (χ4v) is 2.31. The first kappa shape index (κ1) is 13.4. The quantitative estimate of drug-likeness (QED) is 0.789. The van der Waals surface area contributed by atoms with Gasteiger partial charge in [0.15, 0.2) is 0 Å². The molecule has 0 amide bonds. The molecular weight excluding hydrogens is 260 g/mol. The van der Waals surface area contributed by atoms with Gasteiger partial charge in [-0.1, -0.05) is 18.2 Å². The van der Waals surface area contributed by atoms with Crippen LogP contribution in [0.2, 0.25) is 0 Å². The molecule has 0 aliphatic carbocycles. The fourth-order valence-electron chi connectivity index (χ4n) is 2.31. The Kier molecular flexibility index (Phi) is 3.44. The molecule has 0 spiro atoms. The van der Waals surface area contributed by atoms with Crippen LogP contribution >= 0.6 is 0 Å². The Balaban J connectivity index is 2.00. The van der Waals surface area contributed by atoms with Crippen molar-refractivity contribution in [2.24, 2.45) is 0 Å². The molecule has 0 radical (unpaired) electrons. The molecule has 0 unspecified atom stereocenters. The van der Waals surface area contributed by atoms with E-state index in [-0.39, 0.29) is 0 Å². The van der Waals surface area contributed by atoms with Gasteiger partial charge in [-0.2, -0.15) is 0 Å². The molecule has 21 heavy (non-hydrogen) atoms. The first-order chi connectivity index (χ1) is 10.1. The molecule has 0 aliphatic heterocycles. The highest BCUT2D eigenvalue weighted by molar-refractivity contribution is 5.58. The molecular formula is C17H18N4. The van der Waals surface area contributed by atoms with E-state index >= 15 is 0 Å². The van der Waals surface area contributed by atoms with Gasteiger partial charge in [0.05, 0.1) is 17.1 Å². The number of nitrogens with zero attached hydrogens (tertiary/aromatic N) is 3. The Bertz CT molecular complexity index is 760. The zero-order valence-corrected chi connectivity index (χ0v) is 12.5. The molecule has 2 aromatic heterocycles. The number of para-hydroxylation sites is 1. The smallest absolute Gasteiger partial charge is 0.212 e. The average Bonchev–Trinajstić information content (AvgIpc) is 2.84. The van der Waals surface area contributed by atoms with Gasteiger partial charge in [-0.3, -0.25) is 9.55 Å². The minimum atomic E-state index is 0.799. The summed E-state index contributed by atoms with van der Waals surface area (Å²) >= 11 is 0. The molecule has 1 aromatic carbocycles. The van der Waals surface area contributed by atoms with Gasteiger partial charge in [-0.05, 0) is 45.0 Å². The van der Waals surface area contributed by atoms with Crippen LogP contribution in [0.25, 0.3) is 5.69 Å². The Hall–Kier alpha value is -2.62. The third-order valence-electron chi connectivity index (χ3n) is 3.33. The van der Waals surface area contributed by atoms with Crippen LogP contribution in [-0.4, -0.2) is 14.5 Å². The van der Waals surface area contributed by atoms with Crippen LogP contribution in [-0.2, 0) is 0 Å². The molecule has 2 heterocycles. The summed E-state index contributed by atoms with van der Waals surface area (Å²) in [4.78, 5) is 9.05. The highest BCUT2D eigenvalue weighted by atomic mass is 15.2. The van der Waals surface area contributed by atoms with Crippen molar-refractivity contribution in [1.82, 2.24) is 14.5 Å². The Labute approximate surface area is 124 Å². The van der Waals surface area contributed by atoms with Crippen LogP contribution < -0.4 is 5.32 Å². The number of aromatic nitrogens is 3. The Morgan fingerprint density at radius 3 is 2.33 bits per heavy atom. The van der Waals surface area contributed by atoms with Gasteiger partial charge < -0.3 is 5.32 Å². The maximum Gasteiger partial charge on any atom is 0.212 e. The molecule has 3 aromatic rings. The molecule has 1 N–H and O–H groups in total. The van der Waals surface area contributed by atoms with Gasteiger partial charge in [-0.25, -0.2) is 4.98 Å². The van der Waals surface area contributed by atoms with E-state index in [1.807, 2.05) is 57.3 Å². The number of pyridine rings is 1. The van der Waals surface area contributed by atoms with Crippen molar-refractivity contribution in [2.75, 3.05) is 5.32 Å². The van der Waals surface area contributed by atoms with E-state index in [0.717, 1.165) is 34.4 Å². The summed E-state index contributed by atoms with van der Waals surface area (Å²) in [5, 5.41) is 3.38. The molecule has 0 saturated heterocycles. The van der Waals surface area contributed by atoms with E-state index in [1.54, 1.807) is 0 Å². The third kappa shape index (κ3) is 2.79. The number of rotatable bonds is 3. The van der Waals surface area contributed by atoms with Gasteiger partial charge in [0, 0.05) is 17.6 Å². The van der Waals surface area contributed by atoms with Crippen molar-refractivity contribution in [2.45, 2.75) is 20.8 Å². The maximum absolute atomic E-state index is 4.57. The summed E-state index contributed by atoms with van der Waals surface area (Å²) in [6.07, 6.45) is 2.02. The molecule has 0 saturated carbocycles. The zero-order valence-electron chi connectivity index (χ0n) is 12.5. The first-order valence-electron chi connectivity index (χ1n) is 6.96. The topological polar surface area (TPSA) is 42.7 Å². The third-order valence-corrected chi connectivity index (χ3v) is 3.33. The number of imidazole rings is 1. The normalized spacial score (nSPS) is 10.6. The van der Waals surface area contributed by atoms with Crippen molar-refractivity contribution in [3.8, 4) is 5.69 Å². The van der Waals surface area contributed by atoms with Gasteiger partial charge in [0.2, 0.25) is 5.95 Å². The van der Waals surface area contributed by atoms with E-state index in [0.29, 0.717) is 0 Å². The Morgan fingerprint density at radius 2 is 1.62 bits per heavy atom. The maximum atomic E-state index is 4.57. The first-order valence-corrected chi connectivity index (χ1v) is 6.96. The lowest BCUT2D eigenvalue weighted by molar-refractivity contribution is 1.05. The number of benzene rings is 1. The van der Waals surface area contributed by atoms with E-state index in [2.05, 4.69) is 32.0 Å². The van der Waals surface area contributed by atoms with Crippen molar-refractivity contribution in [3.05, 3.63) is 65.7 Å². The van der Waals surface area contributed by atoms with Gasteiger partial charge in [0.25, 0.3) is 0 Å². The van der Waals surface area contributed by atoms with E-state index in [9.17, 15) is 0 Å². The minimum Gasteiger partial charge on any atom is -0.324 e. The molecule has 4 heteroatoms. The second-order valence-electron chi connectivity index (χ2n) is 5.12. The highest BCUT2D eigenvalue weighted by Gasteiger charge is 2.09. The summed E-state index contributed by atoms with van der Waals surface area (Å²) in [7, 11) is 0. The minimum absolute atomic E-state index is 0.799. The molecule has 0 atom stereocenters. The fraction of sp³-hybridized carbons (Fsp3) is 0.176. The highest BCUT2D eigenvalue weighted by Crippen LogP contribution is 2.22. The van der Waals surface area contributed by atoms with Crippen LogP contribution in [0.4, 0.5) is 11.6 Å². The molecule has 0 bridgehead atoms. The number of anilines is 2. The number of hydrogen-bond acceptors (Lipinski definition) is 3. The van der Waals surface area contributed by atoms with Gasteiger partial charge in [-0.15, -0.1) is 0 Å². The number of nitrogens with one attached hydrogen (secondary N) is 1. The second kappa shape index (κ2) is 5.40. The zero-order chi connectivity index (χ0) is 14.8. The van der Waals surface area contributed by atoms with E-state index in [1.165, 1.54) is 0 Å². The molecule has 4 nitrogen and oxygen atoms in total. The molecule has 0 fully saturated rings. The summed E-state index contributed by atoms with van der Waals surface area (Å²) in [5.74, 6) is 0.799. The summed E-state index contributed by atoms with van der Waals surface area (Å²) in [6.45, 7) is 5.98. The predicted octanol–water partition coefficient (Wildman–Crippen LogP) is 3.94. The molecule has 3 rings (SSSR count). The van der Waals surface area contributed by atoms with Crippen molar-refractivity contribution in [3.63, 3.8) is 0 Å².